The van der Waals surface area contributed by atoms with E-state index in [1.807, 2.05) is 19.1 Å². The fraction of sp³-hybridized carbons (Fsp3) is 0.250. The van der Waals surface area contributed by atoms with Gasteiger partial charge in [0.25, 0.3) is 0 Å². The molecule has 0 saturated heterocycles. The SMILES string of the molecule is COc1ccc(Cl)cc1NCc1cn[nH]c1C. The Bertz CT molecular complexity index is 510. The number of hydrogen-bond donors (Lipinski definition) is 2. The highest BCUT2D eigenvalue weighted by Gasteiger charge is 2.05. The Morgan fingerprint density at radius 1 is 1.47 bits per heavy atom. The third kappa shape index (κ3) is 2.71. The number of aryl methyl sites for hydroxylation is 1. The summed E-state index contributed by atoms with van der Waals surface area (Å²) in [5.74, 6) is 0.774. The Morgan fingerprint density at radius 2 is 2.29 bits per heavy atom. The average Bonchev–Trinajstić information content (AvgIpc) is 2.72. The Hall–Kier alpha value is -1.68. The standard InChI is InChI=1S/C12H14ClN3O/c1-8-9(7-15-16-8)6-14-11-5-10(13)3-4-12(11)17-2/h3-5,7,14H,6H2,1-2H3,(H,15,16). The summed E-state index contributed by atoms with van der Waals surface area (Å²) >= 11 is 5.95. The zero-order chi connectivity index (χ0) is 12.3. The van der Waals surface area contributed by atoms with E-state index in [1.54, 1.807) is 19.4 Å². The molecular formula is C12H14ClN3O. The number of H-pyrrole nitrogens is 1. The highest BCUT2D eigenvalue weighted by atomic mass is 35.5. The molecule has 2 aromatic rings. The first kappa shape index (κ1) is 11.8. The molecule has 0 aliphatic carbocycles. The summed E-state index contributed by atoms with van der Waals surface area (Å²) in [6.45, 7) is 2.66. The van der Waals surface area contributed by atoms with Crippen molar-refractivity contribution in [3.8, 4) is 5.75 Å². The number of rotatable bonds is 4. The molecule has 4 nitrogen and oxygen atoms in total. The van der Waals surface area contributed by atoms with Crippen molar-refractivity contribution in [3.05, 3.63) is 40.7 Å². The number of hydrogen-bond acceptors (Lipinski definition) is 3. The number of halogens is 1. The van der Waals surface area contributed by atoms with Crippen molar-refractivity contribution >= 4 is 17.3 Å². The molecule has 2 rings (SSSR count). The Kier molecular flexibility index (Phi) is 3.54. The van der Waals surface area contributed by atoms with Gasteiger partial charge < -0.3 is 10.1 Å². The normalized spacial score (nSPS) is 10.3. The van der Waals surface area contributed by atoms with Gasteiger partial charge in [-0.2, -0.15) is 5.10 Å². The van der Waals surface area contributed by atoms with Gasteiger partial charge in [-0.1, -0.05) is 11.6 Å². The van der Waals surface area contributed by atoms with Crippen LogP contribution in [0, 0.1) is 6.92 Å². The molecule has 5 heteroatoms. The second-order valence-electron chi connectivity index (χ2n) is 3.72. The first-order valence-corrected chi connectivity index (χ1v) is 5.64. The molecule has 0 aliphatic rings. The van der Waals surface area contributed by atoms with Crippen LogP contribution in [0.5, 0.6) is 5.75 Å². The molecule has 0 unspecified atom stereocenters. The minimum atomic E-state index is 0.678. The van der Waals surface area contributed by atoms with Gasteiger partial charge in [-0.25, -0.2) is 0 Å². The molecule has 0 radical (unpaired) electrons. The van der Waals surface area contributed by atoms with Crippen LogP contribution in [0.2, 0.25) is 5.02 Å². The molecule has 0 aliphatic heterocycles. The zero-order valence-corrected chi connectivity index (χ0v) is 10.5. The second kappa shape index (κ2) is 5.10. The molecule has 0 atom stereocenters. The van der Waals surface area contributed by atoms with Crippen LogP contribution in [0.3, 0.4) is 0 Å². The van der Waals surface area contributed by atoms with Crippen molar-refractivity contribution in [3.63, 3.8) is 0 Å². The van der Waals surface area contributed by atoms with Gasteiger partial charge in [0.05, 0.1) is 19.0 Å². The lowest BCUT2D eigenvalue weighted by molar-refractivity contribution is 0.416. The molecule has 1 aromatic heterocycles. The van der Waals surface area contributed by atoms with E-state index in [0.717, 1.165) is 22.7 Å². The predicted molar refractivity (Wildman–Crippen MR) is 68.7 cm³/mol. The summed E-state index contributed by atoms with van der Waals surface area (Å²) in [7, 11) is 1.64. The van der Waals surface area contributed by atoms with Gasteiger partial charge in [-0.3, -0.25) is 5.10 Å². The number of methoxy groups -OCH3 is 1. The van der Waals surface area contributed by atoms with Crippen molar-refractivity contribution in [1.82, 2.24) is 10.2 Å². The van der Waals surface area contributed by atoms with Gasteiger partial charge in [-0.15, -0.1) is 0 Å². The summed E-state index contributed by atoms with van der Waals surface area (Å²) < 4.78 is 5.26. The fourth-order valence-electron chi connectivity index (χ4n) is 1.56. The highest BCUT2D eigenvalue weighted by Crippen LogP contribution is 2.28. The maximum absolute atomic E-state index is 5.95. The van der Waals surface area contributed by atoms with Gasteiger partial charge in [0, 0.05) is 22.8 Å². The number of anilines is 1. The van der Waals surface area contributed by atoms with E-state index < -0.39 is 0 Å². The van der Waals surface area contributed by atoms with Gasteiger partial charge in [0.2, 0.25) is 0 Å². The van der Waals surface area contributed by atoms with Crippen molar-refractivity contribution in [1.29, 1.82) is 0 Å². The number of aromatic amines is 1. The van der Waals surface area contributed by atoms with Crippen LogP contribution >= 0.6 is 11.6 Å². The van der Waals surface area contributed by atoms with E-state index in [2.05, 4.69) is 15.5 Å². The lowest BCUT2D eigenvalue weighted by Gasteiger charge is -2.11. The number of aromatic nitrogens is 2. The summed E-state index contributed by atoms with van der Waals surface area (Å²) in [6, 6.07) is 5.48. The average molecular weight is 252 g/mol. The van der Waals surface area contributed by atoms with E-state index in [-0.39, 0.29) is 0 Å². The van der Waals surface area contributed by atoms with Crippen LogP contribution in [0.4, 0.5) is 5.69 Å². The number of nitrogens with one attached hydrogen (secondary N) is 2. The van der Waals surface area contributed by atoms with E-state index >= 15 is 0 Å². The number of benzene rings is 1. The third-order valence-electron chi connectivity index (χ3n) is 2.57. The summed E-state index contributed by atoms with van der Waals surface area (Å²) in [5.41, 5.74) is 3.05. The number of ether oxygens (including phenoxy) is 1. The molecule has 1 heterocycles. The molecule has 0 saturated carbocycles. The lowest BCUT2D eigenvalue weighted by atomic mass is 10.2. The maximum Gasteiger partial charge on any atom is 0.142 e. The Morgan fingerprint density at radius 3 is 2.94 bits per heavy atom. The minimum absolute atomic E-state index is 0.678. The molecule has 0 spiro atoms. The monoisotopic (exact) mass is 251 g/mol. The summed E-state index contributed by atoms with van der Waals surface area (Å²) in [6.07, 6.45) is 1.80. The lowest BCUT2D eigenvalue weighted by Crippen LogP contribution is -2.01. The maximum atomic E-state index is 5.95. The molecule has 0 bridgehead atoms. The van der Waals surface area contributed by atoms with E-state index in [4.69, 9.17) is 16.3 Å². The van der Waals surface area contributed by atoms with Crippen LogP contribution < -0.4 is 10.1 Å². The summed E-state index contributed by atoms with van der Waals surface area (Å²) in [5, 5.41) is 10.8. The topological polar surface area (TPSA) is 49.9 Å². The largest absolute Gasteiger partial charge is 0.495 e. The van der Waals surface area contributed by atoms with Gasteiger partial charge in [0.15, 0.2) is 0 Å². The van der Waals surface area contributed by atoms with Crippen LogP contribution in [0.1, 0.15) is 11.3 Å². The highest BCUT2D eigenvalue weighted by molar-refractivity contribution is 6.30. The smallest absolute Gasteiger partial charge is 0.142 e. The van der Waals surface area contributed by atoms with E-state index in [9.17, 15) is 0 Å². The van der Waals surface area contributed by atoms with Crippen LogP contribution in [-0.4, -0.2) is 17.3 Å². The molecule has 17 heavy (non-hydrogen) atoms. The van der Waals surface area contributed by atoms with Crippen molar-refractivity contribution < 1.29 is 4.74 Å². The molecular weight excluding hydrogens is 238 g/mol. The van der Waals surface area contributed by atoms with Crippen molar-refractivity contribution in [2.45, 2.75) is 13.5 Å². The predicted octanol–water partition coefficient (Wildman–Crippen LogP) is 2.99. The van der Waals surface area contributed by atoms with E-state index in [1.165, 1.54) is 0 Å². The van der Waals surface area contributed by atoms with Gasteiger partial charge in [0.1, 0.15) is 5.75 Å². The second-order valence-corrected chi connectivity index (χ2v) is 4.15. The van der Waals surface area contributed by atoms with Gasteiger partial charge >= 0.3 is 0 Å². The third-order valence-corrected chi connectivity index (χ3v) is 2.80. The van der Waals surface area contributed by atoms with E-state index in [0.29, 0.717) is 11.6 Å². The van der Waals surface area contributed by atoms with Gasteiger partial charge in [-0.05, 0) is 25.1 Å². The van der Waals surface area contributed by atoms with Crippen molar-refractivity contribution in [2.75, 3.05) is 12.4 Å². The first-order valence-electron chi connectivity index (χ1n) is 5.27. The minimum Gasteiger partial charge on any atom is -0.495 e. The Balaban J connectivity index is 2.13. The molecule has 1 aromatic carbocycles. The number of nitrogens with zero attached hydrogens (tertiary/aromatic N) is 1. The quantitative estimate of drug-likeness (QED) is 0.878. The Labute approximate surface area is 105 Å². The first-order chi connectivity index (χ1) is 8.20. The molecule has 2 N–H and O–H groups in total. The molecule has 90 valence electrons. The summed E-state index contributed by atoms with van der Waals surface area (Å²) in [4.78, 5) is 0. The van der Waals surface area contributed by atoms with Crippen LogP contribution in [0.15, 0.2) is 24.4 Å². The van der Waals surface area contributed by atoms with Crippen LogP contribution in [-0.2, 0) is 6.54 Å². The van der Waals surface area contributed by atoms with Crippen LogP contribution in [0.25, 0.3) is 0 Å². The fourth-order valence-corrected chi connectivity index (χ4v) is 1.73. The molecule has 0 fully saturated rings. The van der Waals surface area contributed by atoms with Crippen molar-refractivity contribution in [2.24, 2.45) is 0 Å². The zero-order valence-electron chi connectivity index (χ0n) is 9.75. The molecule has 0 amide bonds.